The monoisotopic (exact) mass is 244 g/mol. The first-order valence-corrected chi connectivity index (χ1v) is 5.62. The maximum atomic E-state index is 12.0. The number of aromatic hydroxyl groups is 1. The highest BCUT2D eigenvalue weighted by Gasteiger charge is 2.18. The van der Waals surface area contributed by atoms with Crippen molar-refractivity contribution in [2.75, 3.05) is 0 Å². The van der Waals surface area contributed by atoms with Crippen molar-refractivity contribution >= 4 is 12.1 Å². The Kier molecular flexibility index (Phi) is 4.70. The quantitative estimate of drug-likeness (QED) is 0.781. The number of rotatable bonds is 5. The van der Waals surface area contributed by atoms with E-state index in [1.165, 1.54) is 6.07 Å². The zero-order valence-electron chi connectivity index (χ0n) is 8.76. The zero-order chi connectivity index (χ0) is 12.1. The van der Waals surface area contributed by atoms with Crippen LogP contribution in [-0.2, 0) is 5.75 Å². The standard InChI is InChI=1S/C10H13FN2O2S/c1-6(12)10(13-15)7-2-3-8(5-16-11)9(14)4-7/h2-4,6,10,14H,5,12H2,1H3. The largest absolute Gasteiger partial charge is 0.508 e. The molecule has 0 bridgehead atoms. The number of halogens is 1. The summed E-state index contributed by atoms with van der Waals surface area (Å²) < 4.78 is 12.0. The molecule has 0 aliphatic rings. The molecule has 0 saturated heterocycles. The minimum Gasteiger partial charge on any atom is -0.508 e. The van der Waals surface area contributed by atoms with Crippen molar-refractivity contribution in [1.29, 1.82) is 0 Å². The number of nitroso groups, excluding NO2 is 1. The van der Waals surface area contributed by atoms with Crippen molar-refractivity contribution < 1.29 is 8.99 Å². The maximum Gasteiger partial charge on any atom is 0.132 e. The summed E-state index contributed by atoms with van der Waals surface area (Å²) in [5.41, 5.74) is 6.60. The molecular weight excluding hydrogens is 231 g/mol. The van der Waals surface area contributed by atoms with Crippen LogP contribution in [-0.4, -0.2) is 11.1 Å². The first-order chi connectivity index (χ1) is 7.60. The van der Waals surface area contributed by atoms with Gasteiger partial charge < -0.3 is 10.8 Å². The molecule has 0 heterocycles. The fourth-order valence-corrected chi connectivity index (χ4v) is 1.77. The normalized spacial score (nSPS) is 14.4. The van der Waals surface area contributed by atoms with E-state index < -0.39 is 12.1 Å². The Labute approximate surface area is 97.3 Å². The number of nitrogens with two attached hydrogens (primary N) is 1. The third kappa shape index (κ3) is 2.93. The van der Waals surface area contributed by atoms with Gasteiger partial charge in [-0.25, -0.2) is 0 Å². The molecule has 16 heavy (non-hydrogen) atoms. The number of hydrogen-bond donors (Lipinski definition) is 2. The minimum absolute atomic E-state index is 0.0445. The number of phenols is 1. The lowest BCUT2D eigenvalue weighted by atomic mass is 10.0. The van der Waals surface area contributed by atoms with Crippen molar-refractivity contribution in [3.63, 3.8) is 0 Å². The summed E-state index contributed by atoms with van der Waals surface area (Å²) in [6, 6.07) is 3.47. The molecule has 0 fully saturated rings. The van der Waals surface area contributed by atoms with Crippen LogP contribution in [0, 0.1) is 4.91 Å². The summed E-state index contributed by atoms with van der Waals surface area (Å²) >= 11 is 0.125. The van der Waals surface area contributed by atoms with Gasteiger partial charge in [0.2, 0.25) is 0 Å². The molecule has 1 rings (SSSR count). The van der Waals surface area contributed by atoms with E-state index in [0.717, 1.165) is 0 Å². The fourth-order valence-electron chi connectivity index (χ4n) is 1.41. The molecule has 0 spiro atoms. The Bertz CT molecular complexity index is 374. The first kappa shape index (κ1) is 12.9. The smallest absolute Gasteiger partial charge is 0.132 e. The summed E-state index contributed by atoms with van der Waals surface area (Å²) in [6.07, 6.45) is 0. The Morgan fingerprint density at radius 1 is 1.62 bits per heavy atom. The van der Waals surface area contributed by atoms with Crippen LogP contribution in [0.15, 0.2) is 23.4 Å². The summed E-state index contributed by atoms with van der Waals surface area (Å²) in [5.74, 6) is 0.0284. The van der Waals surface area contributed by atoms with E-state index in [9.17, 15) is 13.9 Å². The SMILES string of the molecule is CC(N)C(N=O)c1ccc(CSF)c(O)c1. The van der Waals surface area contributed by atoms with Crippen LogP contribution in [0.4, 0.5) is 3.89 Å². The van der Waals surface area contributed by atoms with E-state index in [2.05, 4.69) is 5.18 Å². The molecule has 2 atom stereocenters. The number of hydrogen-bond acceptors (Lipinski definition) is 5. The zero-order valence-corrected chi connectivity index (χ0v) is 9.58. The van der Waals surface area contributed by atoms with Crippen molar-refractivity contribution in [3.8, 4) is 5.75 Å². The third-order valence-electron chi connectivity index (χ3n) is 2.27. The topological polar surface area (TPSA) is 75.7 Å². The fraction of sp³-hybridized carbons (Fsp3) is 0.400. The van der Waals surface area contributed by atoms with Gasteiger partial charge in [-0.15, -0.1) is 0 Å². The van der Waals surface area contributed by atoms with Crippen molar-refractivity contribution in [2.45, 2.75) is 24.8 Å². The van der Waals surface area contributed by atoms with E-state index in [4.69, 9.17) is 5.73 Å². The summed E-state index contributed by atoms with van der Waals surface area (Å²) in [4.78, 5) is 10.6. The molecule has 0 saturated carbocycles. The third-order valence-corrected chi connectivity index (χ3v) is 2.69. The Hall–Kier alpha value is -1.14. The highest BCUT2D eigenvalue weighted by Crippen LogP contribution is 2.28. The Balaban J connectivity index is 2.99. The highest BCUT2D eigenvalue weighted by molar-refractivity contribution is 7.93. The molecule has 0 radical (unpaired) electrons. The average Bonchev–Trinajstić information content (AvgIpc) is 2.22. The summed E-state index contributed by atoms with van der Waals surface area (Å²) in [6.45, 7) is 1.66. The van der Waals surface area contributed by atoms with E-state index in [-0.39, 0.29) is 23.7 Å². The maximum absolute atomic E-state index is 12.0. The molecule has 1 aromatic carbocycles. The van der Waals surface area contributed by atoms with E-state index in [0.29, 0.717) is 11.1 Å². The minimum atomic E-state index is -0.696. The van der Waals surface area contributed by atoms with E-state index >= 15 is 0 Å². The Morgan fingerprint density at radius 3 is 2.75 bits per heavy atom. The van der Waals surface area contributed by atoms with Crippen LogP contribution >= 0.6 is 12.1 Å². The van der Waals surface area contributed by atoms with Gasteiger partial charge in [0.1, 0.15) is 11.8 Å². The van der Waals surface area contributed by atoms with Gasteiger partial charge in [0, 0.05) is 23.8 Å². The van der Waals surface area contributed by atoms with Gasteiger partial charge in [-0.1, -0.05) is 17.3 Å². The van der Waals surface area contributed by atoms with Crippen LogP contribution in [0.3, 0.4) is 0 Å². The number of benzene rings is 1. The molecule has 4 nitrogen and oxygen atoms in total. The van der Waals surface area contributed by atoms with Crippen molar-refractivity contribution in [3.05, 3.63) is 34.2 Å². The molecule has 2 unspecified atom stereocenters. The van der Waals surface area contributed by atoms with E-state index in [1.807, 2.05) is 0 Å². The average molecular weight is 244 g/mol. The van der Waals surface area contributed by atoms with Gasteiger partial charge in [0.05, 0.1) is 5.75 Å². The molecule has 0 aliphatic heterocycles. The lowest BCUT2D eigenvalue weighted by molar-refractivity contribution is 0.467. The molecule has 3 N–H and O–H groups in total. The second kappa shape index (κ2) is 5.81. The van der Waals surface area contributed by atoms with Crippen LogP contribution in [0.25, 0.3) is 0 Å². The van der Waals surface area contributed by atoms with Crippen LogP contribution in [0.5, 0.6) is 5.75 Å². The van der Waals surface area contributed by atoms with E-state index in [1.54, 1.807) is 19.1 Å². The summed E-state index contributed by atoms with van der Waals surface area (Å²) in [5, 5.41) is 12.5. The predicted molar refractivity (Wildman–Crippen MR) is 62.7 cm³/mol. The van der Waals surface area contributed by atoms with Crippen molar-refractivity contribution in [1.82, 2.24) is 0 Å². The number of phenolic OH excluding ortho intramolecular Hbond substituents is 1. The van der Waals surface area contributed by atoms with Crippen LogP contribution in [0.1, 0.15) is 24.1 Å². The Morgan fingerprint density at radius 2 is 2.31 bits per heavy atom. The molecular formula is C10H13FN2O2S. The number of nitrogens with zero attached hydrogens (tertiary/aromatic N) is 1. The lowest BCUT2D eigenvalue weighted by Crippen LogP contribution is -2.23. The van der Waals surface area contributed by atoms with Crippen LogP contribution in [0.2, 0.25) is 0 Å². The van der Waals surface area contributed by atoms with Gasteiger partial charge in [-0.3, -0.25) is 0 Å². The lowest BCUT2D eigenvalue weighted by Gasteiger charge is -2.14. The predicted octanol–water partition coefficient (Wildman–Crippen LogP) is 2.66. The molecule has 0 amide bonds. The second-order valence-corrected chi connectivity index (χ2v) is 4.06. The molecule has 88 valence electrons. The summed E-state index contributed by atoms with van der Waals surface area (Å²) in [7, 11) is 0. The first-order valence-electron chi connectivity index (χ1n) is 4.73. The molecule has 0 aromatic heterocycles. The van der Waals surface area contributed by atoms with Gasteiger partial charge in [-0.05, 0) is 18.6 Å². The van der Waals surface area contributed by atoms with Gasteiger partial charge in [0.15, 0.2) is 0 Å². The molecule has 0 aliphatic carbocycles. The molecule has 6 heteroatoms. The molecule has 1 aromatic rings. The van der Waals surface area contributed by atoms with Gasteiger partial charge >= 0.3 is 0 Å². The highest BCUT2D eigenvalue weighted by atomic mass is 32.2. The second-order valence-electron chi connectivity index (χ2n) is 3.55. The van der Waals surface area contributed by atoms with Gasteiger partial charge in [-0.2, -0.15) is 8.79 Å². The van der Waals surface area contributed by atoms with Gasteiger partial charge in [0.25, 0.3) is 0 Å². The van der Waals surface area contributed by atoms with Crippen LogP contribution < -0.4 is 5.73 Å². The van der Waals surface area contributed by atoms with Crippen molar-refractivity contribution in [2.24, 2.45) is 10.9 Å².